The molecular weight excluding hydrogens is 296 g/mol. The summed E-state index contributed by atoms with van der Waals surface area (Å²) in [5.74, 6) is 0.738. The maximum atomic E-state index is 11.8. The fraction of sp³-hybridized carbons (Fsp3) is 0.429. The Morgan fingerprint density at radius 3 is 2.57 bits per heavy atom. The first kappa shape index (κ1) is 17.1. The zero-order valence-electron chi connectivity index (χ0n) is 12.6. The van der Waals surface area contributed by atoms with Gasteiger partial charge in [0.15, 0.2) is 11.5 Å². The van der Waals surface area contributed by atoms with E-state index in [-0.39, 0.29) is 0 Å². The first-order valence-electron chi connectivity index (χ1n) is 6.23. The van der Waals surface area contributed by atoms with Gasteiger partial charge >= 0.3 is 5.97 Å². The van der Waals surface area contributed by atoms with Gasteiger partial charge in [0.05, 0.1) is 37.7 Å². The predicted molar refractivity (Wildman–Crippen MR) is 82.4 cm³/mol. The Morgan fingerprint density at radius 2 is 2.05 bits per heavy atom. The molecule has 0 radical (unpaired) electrons. The Morgan fingerprint density at radius 1 is 1.33 bits per heavy atom. The van der Waals surface area contributed by atoms with Crippen LogP contribution >= 0.6 is 11.6 Å². The van der Waals surface area contributed by atoms with Gasteiger partial charge in [0.25, 0.3) is 0 Å². The number of benzene rings is 1. The van der Waals surface area contributed by atoms with Crippen LogP contribution in [-0.2, 0) is 4.74 Å². The van der Waals surface area contributed by atoms with Crippen LogP contribution < -0.4 is 9.47 Å². The molecule has 0 aliphatic rings. The number of ether oxygens (including phenoxy) is 3. The summed E-state index contributed by atoms with van der Waals surface area (Å²) in [4.78, 5) is 17.9. The van der Waals surface area contributed by atoms with Gasteiger partial charge in [-0.2, -0.15) is 0 Å². The van der Waals surface area contributed by atoms with E-state index in [9.17, 15) is 4.79 Å². The van der Waals surface area contributed by atoms with E-state index in [1.807, 2.05) is 14.1 Å². The highest BCUT2D eigenvalue weighted by molar-refractivity contribution is 6.18. The van der Waals surface area contributed by atoms with Crippen molar-refractivity contribution in [3.8, 4) is 11.5 Å². The van der Waals surface area contributed by atoms with Crippen LogP contribution in [0.2, 0.25) is 0 Å². The van der Waals surface area contributed by atoms with Gasteiger partial charge in [-0.1, -0.05) is 0 Å². The summed E-state index contributed by atoms with van der Waals surface area (Å²) >= 11 is 5.62. The summed E-state index contributed by atoms with van der Waals surface area (Å²) in [6.07, 6.45) is 1.58. The Labute approximate surface area is 129 Å². The molecule has 21 heavy (non-hydrogen) atoms. The Kier molecular flexibility index (Phi) is 6.81. The summed E-state index contributed by atoms with van der Waals surface area (Å²) in [6.45, 7) is 0.326. The third-order valence-corrected chi connectivity index (χ3v) is 2.60. The Balaban J connectivity index is 3.30. The summed E-state index contributed by atoms with van der Waals surface area (Å²) < 4.78 is 15.5. The largest absolute Gasteiger partial charge is 0.493 e. The number of carbonyl (C=O) groups is 1. The van der Waals surface area contributed by atoms with Crippen molar-refractivity contribution < 1.29 is 19.0 Å². The number of nitrogens with zero attached hydrogens (tertiary/aromatic N) is 2. The topological polar surface area (TPSA) is 60.4 Å². The number of rotatable bonds is 7. The molecule has 0 fully saturated rings. The van der Waals surface area contributed by atoms with Crippen LogP contribution in [0.15, 0.2) is 17.1 Å². The summed E-state index contributed by atoms with van der Waals surface area (Å²) in [6, 6.07) is 3.16. The van der Waals surface area contributed by atoms with Gasteiger partial charge in [-0.3, -0.25) is 0 Å². The van der Waals surface area contributed by atoms with E-state index in [1.165, 1.54) is 20.3 Å². The van der Waals surface area contributed by atoms with Crippen molar-refractivity contribution >= 4 is 29.6 Å². The highest BCUT2D eigenvalue weighted by Crippen LogP contribution is 2.35. The fourth-order valence-electron chi connectivity index (χ4n) is 1.53. The van der Waals surface area contributed by atoms with Gasteiger partial charge in [0, 0.05) is 26.2 Å². The molecule has 6 nitrogen and oxygen atoms in total. The third-order valence-electron chi connectivity index (χ3n) is 2.45. The van der Waals surface area contributed by atoms with E-state index >= 15 is 0 Å². The molecule has 0 aliphatic carbocycles. The first-order valence-corrected chi connectivity index (χ1v) is 6.76. The maximum Gasteiger partial charge on any atom is 0.340 e. The van der Waals surface area contributed by atoms with Gasteiger partial charge in [0.1, 0.15) is 6.61 Å². The van der Waals surface area contributed by atoms with E-state index in [4.69, 9.17) is 25.8 Å². The molecule has 116 valence electrons. The summed E-state index contributed by atoms with van der Waals surface area (Å²) in [5.41, 5.74) is 0.728. The molecule has 0 heterocycles. The minimum Gasteiger partial charge on any atom is -0.493 e. The van der Waals surface area contributed by atoms with Crippen LogP contribution in [-0.4, -0.2) is 58.0 Å². The standard InChI is InChI=1S/C14H19ClN2O4/c1-17(2)9-16-11-8-13(21-6-5-15)12(19-3)7-10(11)14(18)20-4/h7-9H,5-6H2,1-4H3. The van der Waals surface area contributed by atoms with E-state index in [0.29, 0.717) is 35.2 Å². The number of alkyl halides is 1. The van der Waals surface area contributed by atoms with Gasteiger partial charge in [0.2, 0.25) is 0 Å². The number of hydrogen-bond donors (Lipinski definition) is 0. The lowest BCUT2D eigenvalue weighted by atomic mass is 10.1. The molecular formula is C14H19ClN2O4. The number of hydrogen-bond acceptors (Lipinski definition) is 5. The van der Waals surface area contributed by atoms with E-state index in [2.05, 4.69) is 4.99 Å². The Hall–Kier alpha value is -1.95. The molecule has 1 aromatic carbocycles. The quantitative estimate of drug-likeness (QED) is 0.334. The van der Waals surface area contributed by atoms with Gasteiger partial charge < -0.3 is 19.1 Å². The molecule has 1 rings (SSSR count). The molecule has 0 saturated heterocycles. The number of carbonyl (C=O) groups excluding carboxylic acids is 1. The predicted octanol–water partition coefficient (Wildman–Crippen LogP) is 2.32. The van der Waals surface area contributed by atoms with Crippen molar-refractivity contribution in [2.45, 2.75) is 0 Å². The molecule has 0 atom stereocenters. The maximum absolute atomic E-state index is 11.8. The molecule has 0 N–H and O–H groups in total. The SMILES string of the molecule is COC(=O)c1cc(OC)c(OCCCl)cc1N=CN(C)C. The minimum atomic E-state index is -0.497. The molecule has 1 aromatic rings. The second kappa shape index (κ2) is 8.36. The number of aliphatic imine (C=N–C) groups is 1. The summed E-state index contributed by atoms with van der Waals surface area (Å²) in [5, 5.41) is 0. The minimum absolute atomic E-state index is 0.297. The smallest absolute Gasteiger partial charge is 0.340 e. The van der Waals surface area contributed by atoms with Crippen LogP contribution in [0.1, 0.15) is 10.4 Å². The van der Waals surface area contributed by atoms with Crippen LogP contribution in [0.4, 0.5) is 5.69 Å². The van der Waals surface area contributed by atoms with E-state index in [1.54, 1.807) is 17.3 Å². The monoisotopic (exact) mass is 314 g/mol. The number of methoxy groups -OCH3 is 2. The molecule has 0 aromatic heterocycles. The van der Waals surface area contributed by atoms with Crippen molar-refractivity contribution in [3.63, 3.8) is 0 Å². The molecule has 0 amide bonds. The second-order valence-corrected chi connectivity index (χ2v) is 4.64. The van der Waals surface area contributed by atoms with Gasteiger partial charge in [-0.15, -0.1) is 11.6 Å². The molecule has 0 unspecified atom stereocenters. The van der Waals surface area contributed by atoms with Crippen molar-refractivity contribution in [1.29, 1.82) is 0 Å². The Bertz CT molecular complexity index is 518. The lowest BCUT2D eigenvalue weighted by Crippen LogP contribution is -2.08. The van der Waals surface area contributed by atoms with Crippen molar-refractivity contribution in [1.82, 2.24) is 4.90 Å². The van der Waals surface area contributed by atoms with E-state index < -0.39 is 5.97 Å². The molecule has 7 heteroatoms. The van der Waals surface area contributed by atoms with Crippen LogP contribution in [0.25, 0.3) is 0 Å². The lowest BCUT2D eigenvalue weighted by Gasteiger charge is -2.13. The van der Waals surface area contributed by atoms with Crippen LogP contribution in [0.3, 0.4) is 0 Å². The van der Waals surface area contributed by atoms with Crippen LogP contribution in [0, 0.1) is 0 Å². The highest BCUT2D eigenvalue weighted by Gasteiger charge is 2.17. The average Bonchev–Trinajstić information content (AvgIpc) is 2.49. The first-order chi connectivity index (χ1) is 10.0. The number of esters is 1. The van der Waals surface area contributed by atoms with Crippen molar-refractivity contribution in [2.24, 2.45) is 4.99 Å². The molecule has 0 saturated carbocycles. The van der Waals surface area contributed by atoms with Crippen molar-refractivity contribution in [3.05, 3.63) is 17.7 Å². The molecule has 0 bridgehead atoms. The molecule has 0 aliphatic heterocycles. The lowest BCUT2D eigenvalue weighted by molar-refractivity contribution is 0.0601. The van der Waals surface area contributed by atoms with Gasteiger partial charge in [-0.05, 0) is 0 Å². The highest BCUT2D eigenvalue weighted by atomic mass is 35.5. The third kappa shape index (κ3) is 4.82. The average molecular weight is 315 g/mol. The summed E-state index contributed by atoms with van der Waals surface area (Å²) in [7, 11) is 6.46. The number of halogens is 1. The molecule has 0 spiro atoms. The normalized spacial score (nSPS) is 10.5. The zero-order chi connectivity index (χ0) is 15.8. The van der Waals surface area contributed by atoms with E-state index in [0.717, 1.165) is 0 Å². The zero-order valence-corrected chi connectivity index (χ0v) is 13.3. The van der Waals surface area contributed by atoms with Crippen molar-refractivity contribution in [2.75, 3.05) is 40.8 Å². The second-order valence-electron chi connectivity index (χ2n) is 4.26. The fourth-order valence-corrected chi connectivity index (χ4v) is 1.61. The van der Waals surface area contributed by atoms with Gasteiger partial charge in [-0.25, -0.2) is 9.79 Å². The van der Waals surface area contributed by atoms with Crippen LogP contribution in [0.5, 0.6) is 11.5 Å².